The van der Waals surface area contributed by atoms with E-state index in [4.69, 9.17) is 0 Å². The lowest BCUT2D eigenvalue weighted by atomic mass is 10.3. The maximum Gasteiger partial charge on any atom is 0.267 e. The molecule has 84 valence electrons. The predicted molar refractivity (Wildman–Crippen MR) is 63.3 cm³/mol. The van der Waals surface area contributed by atoms with Gasteiger partial charge in [-0.25, -0.2) is 4.98 Å². The number of aromatic amines is 1. The molecule has 3 rings (SSSR count). The molecule has 17 heavy (non-hydrogen) atoms. The lowest BCUT2D eigenvalue weighted by molar-refractivity contribution is 0.101. The largest absolute Gasteiger partial charge is 0.337 e. The van der Waals surface area contributed by atoms with E-state index in [2.05, 4.69) is 9.97 Å². The Kier molecular flexibility index (Phi) is 1.89. The Bertz CT molecular complexity index is 798. The standard InChI is InChI=1S/C12H9N3O2/c1-7(16)9-6-8-11(13-9)14-10-4-2-3-5-15(10)12(8)17/h2-6,13H,1H3. The van der Waals surface area contributed by atoms with Crippen molar-refractivity contribution in [2.45, 2.75) is 6.92 Å². The number of carbonyl (C=O) groups is 1. The Morgan fingerprint density at radius 2 is 2.24 bits per heavy atom. The molecule has 3 aromatic heterocycles. The molecule has 5 heteroatoms. The third-order valence-electron chi connectivity index (χ3n) is 2.69. The SMILES string of the molecule is CC(=O)c1cc2c(=O)n3ccccc3nc2[nH]1. The van der Waals surface area contributed by atoms with Crippen LogP contribution >= 0.6 is 0 Å². The zero-order valence-corrected chi connectivity index (χ0v) is 9.10. The van der Waals surface area contributed by atoms with E-state index in [-0.39, 0.29) is 11.3 Å². The highest BCUT2D eigenvalue weighted by molar-refractivity contribution is 5.97. The van der Waals surface area contributed by atoms with Crippen LogP contribution in [-0.4, -0.2) is 20.2 Å². The molecule has 0 atom stereocenters. The Balaban J connectivity index is 2.51. The van der Waals surface area contributed by atoms with Crippen LogP contribution in [0.15, 0.2) is 35.3 Å². The first-order valence-corrected chi connectivity index (χ1v) is 5.18. The summed E-state index contributed by atoms with van der Waals surface area (Å²) in [5.74, 6) is -0.114. The minimum Gasteiger partial charge on any atom is -0.337 e. The fraction of sp³-hybridized carbons (Fsp3) is 0.0833. The molecule has 1 N–H and O–H groups in total. The number of H-pyrrole nitrogens is 1. The van der Waals surface area contributed by atoms with Crippen molar-refractivity contribution in [1.82, 2.24) is 14.4 Å². The number of pyridine rings is 1. The molecule has 5 nitrogen and oxygen atoms in total. The van der Waals surface area contributed by atoms with Crippen LogP contribution < -0.4 is 5.56 Å². The van der Waals surface area contributed by atoms with Gasteiger partial charge in [-0.2, -0.15) is 0 Å². The molecular formula is C12H9N3O2. The Morgan fingerprint density at radius 1 is 1.41 bits per heavy atom. The van der Waals surface area contributed by atoms with Gasteiger partial charge in [0, 0.05) is 13.1 Å². The van der Waals surface area contributed by atoms with E-state index >= 15 is 0 Å². The third kappa shape index (κ3) is 1.36. The molecular weight excluding hydrogens is 218 g/mol. The van der Waals surface area contributed by atoms with E-state index < -0.39 is 0 Å². The second-order valence-corrected chi connectivity index (χ2v) is 3.85. The second kappa shape index (κ2) is 3.28. The number of hydrogen-bond donors (Lipinski definition) is 1. The first-order chi connectivity index (χ1) is 8.16. The summed E-state index contributed by atoms with van der Waals surface area (Å²) in [6.07, 6.45) is 1.66. The van der Waals surface area contributed by atoms with E-state index in [0.29, 0.717) is 22.4 Å². The third-order valence-corrected chi connectivity index (χ3v) is 2.69. The molecule has 3 heterocycles. The molecule has 3 aromatic rings. The van der Waals surface area contributed by atoms with Gasteiger partial charge in [0.15, 0.2) is 5.78 Å². The smallest absolute Gasteiger partial charge is 0.267 e. The molecule has 0 saturated heterocycles. The van der Waals surface area contributed by atoms with Gasteiger partial charge in [0.2, 0.25) is 0 Å². The van der Waals surface area contributed by atoms with Gasteiger partial charge in [-0.1, -0.05) is 6.07 Å². The van der Waals surface area contributed by atoms with Crippen molar-refractivity contribution in [3.63, 3.8) is 0 Å². The molecule has 0 unspecified atom stereocenters. The average Bonchev–Trinajstić information content (AvgIpc) is 2.74. The fourth-order valence-corrected chi connectivity index (χ4v) is 1.83. The van der Waals surface area contributed by atoms with Crippen LogP contribution in [0.2, 0.25) is 0 Å². The van der Waals surface area contributed by atoms with Crippen LogP contribution in [0, 0.1) is 0 Å². The van der Waals surface area contributed by atoms with Crippen molar-refractivity contribution in [2.24, 2.45) is 0 Å². The van der Waals surface area contributed by atoms with Crippen LogP contribution in [0.4, 0.5) is 0 Å². The van der Waals surface area contributed by atoms with E-state index in [0.717, 1.165) is 0 Å². The zero-order chi connectivity index (χ0) is 12.0. The predicted octanol–water partition coefficient (Wildman–Crippen LogP) is 1.38. The second-order valence-electron chi connectivity index (χ2n) is 3.85. The molecule has 0 saturated carbocycles. The molecule has 0 fully saturated rings. The number of ketones is 1. The van der Waals surface area contributed by atoms with Crippen LogP contribution in [0.5, 0.6) is 0 Å². The van der Waals surface area contributed by atoms with Crippen LogP contribution in [0.3, 0.4) is 0 Å². The van der Waals surface area contributed by atoms with E-state index in [1.54, 1.807) is 24.4 Å². The van der Waals surface area contributed by atoms with Gasteiger partial charge in [-0.15, -0.1) is 0 Å². The fourth-order valence-electron chi connectivity index (χ4n) is 1.83. The maximum atomic E-state index is 12.1. The van der Waals surface area contributed by atoms with E-state index in [1.165, 1.54) is 11.3 Å². The normalized spacial score (nSPS) is 11.1. The first-order valence-electron chi connectivity index (χ1n) is 5.18. The number of Topliss-reactive ketones (excluding diaryl/α,β-unsaturated/α-hetero) is 1. The number of hydrogen-bond acceptors (Lipinski definition) is 3. The summed E-state index contributed by atoms with van der Waals surface area (Å²) in [4.78, 5) is 30.5. The maximum absolute atomic E-state index is 12.1. The Hall–Kier alpha value is -2.43. The highest BCUT2D eigenvalue weighted by Gasteiger charge is 2.10. The summed E-state index contributed by atoms with van der Waals surface area (Å²) in [5.41, 5.74) is 1.24. The average molecular weight is 227 g/mol. The number of nitrogens with one attached hydrogen (secondary N) is 1. The molecule has 0 bridgehead atoms. The summed E-state index contributed by atoms with van der Waals surface area (Å²) in [7, 11) is 0. The number of nitrogens with zero attached hydrogens (tertiary/aromatic N) is 2. The van der Waals surface area contributed by atoms with Gasteiger partial charge in [-0.05, 0) is 18.2 Å². The summed E-state index contributed by atoms with van der Waals surface area (Å²) in [6.45, 7) is 1.45. The highest BCUT2D eigenvalue weighted by atomic mass is 16.1. The van der Waals surface area contributed by atoms with Gasteiger partial charge >= 0.3 is 0 Å². The van der Waals surface area contributed by atoms with Gasteiger partial charge in [0.25, 0.3) is 5.56 Å². The summed E-state index contributed by atoms with van der Waals surface area (Å²) < 4.78 is 1.46. The molecule has 0 amide bonds. The molecule has 0 aliphatic carbocycles. The minimum atomic E-state index is -0.172. The lowest BCUT2D eigenvalue weighted by Crippen LogP contribution is -2.13. The Morgan fingerprint density at radius 3 is 3.00 bits per heavy atom. The summed E-state index contributed by atoms with van der Waals surface area (Å²) in [6, 6.07) is 6.87. The highest BCUT2D eigenvalue weighted by Crippen LogP contribution is 2.11. The van der Waals surface area contributed by atoms with Gasteiger partial charge in [0.1, 0.15) is 11.3 Å². The van der Waals surface area contributed by atoms with Crippen molar-refractivity contribution in [2.75, 3.05) is 0 Å². The number of fused-ring (bicyclic) bond motifs is 2. The molecule has 0 spiro atoms. The molecule has 0 aliphatic heterocycles. The van der Waals surface area contributed by atoms with Crippen LogP contribution in [0.1, 0.15) is 17.4 Å². The van der Waals surface area contributed by atoms with Gasteiger partial charge < -0.3 is 4.98 Å². The zero-order valence-electron chi connectivity index (χ0n) is 9.10. The molecule has 0 radical (unpaired) electrons. The van der Waals surface area contributed by atoms with Crippen LogP contribution in [-0.2, 0) is 0 Å². The Labute approximate surface area is 95.7 Å². The van der Waals surface area contributed by atoms with Gasteiger partial charge in [0.05, 0.1) is 11.1 Å². The monoisotopic (exact) mass is 227 g/mol. The topological polar surface area (TPSA) is 67.2 Å². The van der Waals surface area contributed by atoms with E-state index in [9.17, 15) is 9.59 Å². The summed E-state index contributed by atoms with van der Waals surface area (Å²) >= 11 is 0. The summed E-state index contributed by atoms with van der Waals surface area (Å²) in [5, 5.41) is 0.430. The van der Waals surface area contributed by atoms with E-state index in [1.807, 2.05) is 6.07 Å². The van der Waals surface area contributed by atoms with Crippen molar-refractivity contribution in [3.8, 4) is 0 Å². The van der Waals surface area contributed by atoms with Crippen molar-refractivity contribution < 1.29 is 4.79 Å². The quantitative estimate of drug-likeness (QED) is 0.638. The van der Waals surface area contributed by atoms with Crippen molar-refractivity contribution >= 4 is 22.5 Å². The van der Waals surface area contributed by atoms with Crippen molar-refractivity contribution in [3.05, 3.63) is 46.5 Å². The number of aromatic nitrogens is 3. The lowest BCUT2D eigenvalue weighted by Gasteiger charge is -1.98. The van der Waals surface area contributed by atoms with Crippen LogP contribution in [0.25, 0.3) is 16.7 Å². The first kappa shape index (κ1) is 9.77. The molecule has 0 aliphatic rings. The van der Waals surface area contributed by atoms with Crippen molar-refractivity contribution in [1.29, 1.82) is 0 Å². The number of rotatable bonds is 1. The number of carbonyl (C=O) groups excluding carboxylic acids is 1. The minimum absolute atomic E-state index is 0.114. The van der Waals surface area contributed by atoms with Gasteiger partial charge in [-0.3, -0.25) is 14.0 Å². The molecule has 0 aromatic carbocycles.